The fraction of sp³-hybridized carbons (Fsp3) is 0.100. The lowest BCUT2D eigenvalue weighted by Gasteiger charge is -2.04. The Labute approximate surface area is 157 Å². The number of fused-ring (bicyclic) bond motifs is 1. The number of aromatic nitrogens is 2. The zero-order chi connectivity index (χ0) is 19.5. The molecule has 28 heavy (non-hydrogen) atoms. The van der Waals surface area contributed by atoms with Gasteiger partial charge in [-0.05, 0) is 42.5 Å². The van der Waals surface area contributed by atoms with E-state index in [-0.39, 0.29) is 30.3 Å². The van der Waals surface area contributed by atoms with E-state index in [4.69, 9.17) is 13.7 Å². The van der Waals surface area contributed by atoms with Gasteiger partial charge in [-0.25, -0.2) is 9.18 Å². The fourth-order valence-electron chi connectivity index (χ4n) is 2.57. The monoisotopic (exact) mass is 380 g/mol. The molecule has 2 aromatic carbocycles. The van der Waals surface area contributed by atoms with E-state index in [1.54, 1.807) is 18.2 Å². The summed E-state index contributed by atoms with van der Waals surface area (Å²) >= 11 is 0. The second kappa shape index (κ2) is 7.43. The van der Waals surface area contributed by atoms with Gasteiger partial charge in [0.1, 0.15) is 17.1 Å². The Morgan fingerprint density at radius 2 is 1.86 bits per heavy atom. The smallest absolute Gasteiger partial charge is 0.336 e. The van der Waals surface area contributed by atoms with Crippen LogP contribution in [0.4, 0.5) is 4.39 Å². The van der Waals surface area contributed by atoms with E-state index in [2.05, 4.69) is 10.1 Å². The van der Waals surface area contributed by atoms with Crippen LogP contribution < -0.4 is 10.4 Å². The molecule has 0 fully saturated rings. The molecule has 0 aliphatic carbocycles. The summed E-state index contributed by atoms with van der Waals surface area (Å²) in [6.45, 7) is 0. The number of ether oxygens (including phenoxy) is 1. The highest BCUT2D eigenvalue weighted by molar-refractivity contribution is 5.79. The molecule has 4 rings (SSSR count). The standard InChI is InChI=1S/C20H13FN2O5/c21-14-5-1-13(2-6-14)20-22-17(28-23-20)8-10-18(24)26-15-7-3-12-4-9-19(25)27-16(12)11-15/h1-7,9,11H,8,10H2. The van der Waals surface area contributed by atoms with Crippen molar-refractivity contribution >= 4 is 16.9 Å². The van der Waals surface area contributed by atoms with Gasteiger partial charge in [0, 0.05) is 29.5 Å². The molecule has 0 aliphatic heterocycles. The summed E-state index contributed by atoms with van der Waals surface area (Å²) < 4.78 is 28.4. The summed E-state index contributed by atoms with van der Waals surface area (Å²) in [4.78, 5) is 27.5. The van der Waals surface area contributed by atoms with Crippen LogP contribution in [0.3, 0.4) is 0 Å². The number of hydrogen-bond acceptors (Lipinski definition) is 7. The molecule has 140 valence electrons. The number of nitrogens with zero attached hydrogens (tertiary/aromatic N) is 2. The highest BCUT2D eigenvalue weighted by Gasteiger charge is 2.12. The van der Waals surface area contributed by atoms with Crippen molar-refractivity contribution in [1.82, 2.24) is 10.1 Å². The molecule has 8 heteroatoms. The number of esters is 1. The molecule has 0 spiro atoms. The number of carbonyl (C=O) groups is 1. The molecule has 0 saturated carbocycles. The van der Waals surface area contributed by atoms with Gasteiger partial charge in [0.25, 0.3) is 0 Å². The average Bonchev–Trinajstić information content (AvgIpc) is 3.16. The van der Waals surface area contributed by atoms with Gasteiger partial charge >= 0.3 is 11.6 Å². The minimum atomic E-state index is -0.501. The van der Waals surface area contributed by atoms with Crippen molar-refractivity contribution in [2.24, 2.45) is 0 Å². The molecule has 0 aliphatic rings. The lowest BCUT2D eigenvalue weighted by atomic mass is 10.2. The first kappa shape index (κ1) is 17.6. The second-order valence-electron chi connectivity index (χ2n) is 5.95. The maximum atomic E-state index is 13.0. The topological polar surface area (TPSA) is 95.4 Å². The first-order valence-corrected chi connectivity index (χ1v) is 8.40. The zero-order valence-electron chi connectivity index (χ0n) is 14.4. The number of carbonyl (C=O) groups excluding carboxylic acids is 1. The van der Waals surface area contributed by atoms with E-state index < -0.39 is 11.6 Å². The zero-order valence-corrected chi connectivity index (χ0v) is 14.4. The minimum absolute atomic E-state index is 0.0157. The molecule has 0 bridgehead atoms. The van der Waals surface area contributed by atoms with E-state index >= 15 is 0 Å². The summed E-state index contributed by atoms with van der Waals surface area (Å²) in [7, 11) is 0. The molecule has 0 amide bonds. The molecule has 0 saturated heterocycles. The number of hydrogen-bond donors (Lipinski definition) is 0. The molecular weight excluding hydrogens is 367 g/mol. The van der Waals surface area contributed by atoms with Crippen LogP contribution in [0.15, 0.2) is 68.3 Å². The molecule has 0 unspecified atom stereocenters. The summed E-state index contributed by atoms with van der Waals surface area (Å²) in [5.74, 6) is -0.0135. The van der Waals surface area contributed by atoms with E-state index in [9.17, 15) is 14.0 Å². The number of benzene rings is 2. The predicted molar refractivity (Wildman–Crippen MR) is 96.1 cm³/mol. The van der Waals surface area contributed by atoms with Gasteiger partial charge in [0.15, 0.2) is 0 Å². The molecule has 7 nitrogen and oxygen atoms in total. The summed E-state index contributed by atoms with van der Waals surface area (Å²) in [6.07, 6.45) is 0.206. The van der Waals surface area contributed by atoms with E-state index in [0.717, 1.165) is 5.39 Å². The predicted octanol–water partition coefficient (Wildman–Crippen LogP) is 3.52. The number of halogens is 1. The third kappa shape index (κ3) is 3.96. The number of aryl methyl sites for hydroxylation is 1. The Bertz CT molecular complexity index is 1200. The molecule has 2 aromatic heterocycles. The Kier molecular flexibility index (Phi) is 4.67. The number of rotatable bonds is 5. The van der Waals surface area contributed by atoms with Crippen LogP contribution in [0, 0.1) is 5.82 Å². The largest absolute Gasteiger partial charge is 0.426 e. The molecule has 2 heterocycles. The maximum absolute atomic E-state index is 13.0. The van der Waals surface area contributed by atoms with Crippen molar-refractivity contribution in [1.29, 1.82) is 0 Å². The Hall–Kier alpha value is -3.81. The third-order valence-electron chi connectivity index (χ3n) is 3.94. The van der Waals surface area contributed by atoms with Crippen LogP contribution in [0.2, 0.25) is 0 Å². The van der Waals surface area contributed by atoms with Crippen LogP contribution in [0.25, 0.3) is 22.4 Å². The lowest BCUT2D eigenvalue weighted by Crippen LogP contribution is -2.09. The molecule has 0 radical (unpaired) electrons. The van der Waals surface area contributed by atoms with E-state index in [0.29, 0.717) is 17.0 Å². The van der Waals surface area contributed by atoms with Crippen molar-refractivity contribution in [3.05, 3.63) is 76.7 Å². The summed E-state index contributed by atoms with van der Waals surface area (Å²) in [5.41, 5.74) is 0.458. The average molecular weight is 380 g/mol. The van der Waals surface area contributed by atoms with Crippen molar-refractivity contribution in [3.8, 4) is 17.1 Å². The first-order valence-electron chi connectivity index (χ1n) is 8.40. The summed E-state index contributed by atoms with van der Waals surface area (Å²) in [5, 5.41) is 4.54. The Morgan fingerprint density at radius 1 is 1.07 bits per heavy atom. The highest BCUT2D eigenvalue weighted by Crippen LogP contribution is 2.20. The van der Waals surface area contributed by atoms with Gasteiger partial charge in [-0.15, -0.1) is 0 Å². The van der Waals surface area contributed by atoms with Crippen molar-refractivity contribution < 1.29 is 22.9 Å². The van der Waals surface area contributed by atoms with Crippen LogP contribution in [0.5, 0.6) is 5.75 Å². The van der Waals surface area contributed by atoms with Crippen LogP contribution in [0.1, 0.15) is 12.3 Å². The molecule has 0 atom stereocenters. The van der Waals surface area contributed by atoms with Crippen LogP contribution in [-0.4, -0.2) is 16.1 Å². The van der Waals surface area contributed by atoms with Gasteiger partial charge in [-0.1, -0.05) is 5.16 Å². The van der Waals surface area contributed by atoms with Crippen molar-refractivity contribution in [3.63, 3.8) is 0 Å². The summed E-state index contributed by atoms with van der Waals surface area (Å²) in [6, 6.07) is 13.4. The fourth-order valence-corrected chi connectivity index (χ4v) is 2.57. The van der Waals surface area contributed by atoms with Gasteiger partial charge in [0.2, 0.25) is 11.7 Å². The SMILES string of the molecule is O=C(CCc1nc(-c2ccc(F)cc2)no1)Oc1ccc2ccc(=O)oc2c1. The molecule has 4 aromatic rings. The second-order valence-corrected chi connectivity index (χ2v) is 5.95. The van der Waals surface area contributed by atoms with Crippen LogP contribution >= 0.6 is 0 Å². The van der Waals surface area contributed by atoms with Gasteiger partial charge in [-0.3, -0.25) is 4.79 Å². The maximum Gasteiger partial charge on any atom is 0.336 e. The first-order chi connectivity index (χ1) is 13.6. The molecule has 0 N–H and O–H groups in total. The van der Waals surface area contributed by atoms with Crippen molar-refractivity contribution in [2.75, 3.05) is 0 Å². The van der Waals surface area contributed by atoms with E-state index in [1.807, 2.05) is 0 Å². The van der Waals surface area contributed by atoms with Gasteiger partial charge in [0.05, 0.1) is 6.42 Å². The van der Waals surface area contributed by atoms with Crippen molar-refractivity contribution in [2.45, 2.75) is 12.8 Å². The minimum Gasteiger partial charge on any atom is -0.426 e. The highest BCUT2D eigenvalue weighted by atomic mass is 19.1. The molecular formula is C20H13FN2O5. The normalized spacial score (nSPS) is 10.9. The Morgan fingerprint density at radius 3 is 2.68 bits per heavy atom. The van der Waals surface area contributed by atoms with Gasteiger partial charge < -0.3 is 13.7 Å². The van der Waals surface area contributed by atoms with Crippen LogP contribution in [-0.2, 0) is 11.2 Å². The Balaban J connectivity index is 1.38. The third-order valence-corrected chi connectivity index (χ3v) is 3.94. The van der Waals surface area contributed by atoms with Gasteiger partial charge in [-0.2, -0.15) is 4.98 Å². The van der Waals surface area contributed by atoms with E-state index in [1.165, 1.54) is 36.4 Å². The quantitative estimate of drug-likeness (QED) is 0.297. The lowest BCUT2D eigenvalue weighted by molar-refractivity contribution is -0.134.